The number of halogens is 1. The Labute approximate surface area is 101 Å². The number of nitrogens with one attached hydrogen (secondary N) is 1. The van der Waals surface area contributed by atoms with E-state index < -0.39 is 0 Å². The first kappa shape index (κ1) is 11.7. The molecule has 0 radical (unpaired) electrons. The molecule has 1 fully saturated rings. The Morgan fingerprint density at radius 3 is 3.19 bits per heavy atom. The molecule has 0 amide bonds. The Hall–Kier alpha value is -0.770. The standard InChI is InChI=1S/C12H16ClNO2/c13-11-4-1-2-5-12(11)16-9-10-8-14-6-3-7-15-10/h1-2,4-5,10,14H,3,6-9H2. The van der Waals surface area contributed by atoms with Gasteiger partial charge in [-0.2, -0.15) is 0 Å². The lowest BCUT2D eigenvalue weighted by Crippen LogP contribution is -2.31. The van der Waals surface area contributed by atoms with Crippen molar-refractivity contribution in [2.75, 3.05) is 26.3 Å². The highest BCUT2D eigenvalue weighted by atomic mass is 35.5. The Balaban J connectivity index is 1.84. The fourth-order valence-electron chi connectivity index (χ4n) is 1.62. The smallest absolute Gasteiger partial charge is 0.138 e. The fraction of sp³-hybridized carbons (Fsp3) is 0.500. The third kappa shape index (κ3) is 3.37. The molecule has 0 aliphatic carbocycles. The van der Waals surface area contributed by atoms with Gasteiger partial charge in [-0.3, -0.25) is 0 Å². The van der Waals surface area contributed by atoms with Crippen LogP contribution in [0, 0.1) is 0 Å². The molecule has 1 saturated heterocycles. The van der Waals surface area contributed by atoms with Crippen LogP contribution < -0.4 is 10.1 Å². The molecule has 1 aliphatic heterocycles. The molecule has 0 saturated carbocycles. The van der Waals surface area contributed by atoms with Gasteiger partial charge in [0.1, 0.15) is 18.5 Å². The predicted molar refractivity (Wildman–Crippen MR) is 64.2 cm³/mol. The Kier molecular flexibility index (Phi) is 4.45. The summed E-state index contributed by atoms with van der Waals surface area (Å²) in [6, 6.07) is 7.49. The van der Waals surface area contributed by atoms with E-state index in [1.54, 1.807) is 0 Å². The highest BCUT2D eigenvalue weighted by Crippen LogP contribution is 2.23. The van der Waals surface area contributed by atoms with Gasteiger partial charge in [-0.05, 0) is 25.1 Å². The number of hydrogen-bond acceptors (Lipinski definition) is 3. The summed E-state index contributed by atoms with van der Waals surface area (Å²) >= 11 is 5.99. The van der Waals surface area contributed by atoms with Gasteiger partial charge in [0.2, 0.25) is 0 Å². The van der Waals surface area contributed by atoms with Gasteiger partial charge in [0, 0.05) is 13.2 Å². The lowest BCUT2D eigenvalue weighted by molar-refractivity contribution is 0.0324. The maximum atomic E-state index is 5.99. The maximum Gasteiger partial charge on any atom is 0.138 e. The summed E-state index contributed by atoms with van der Waals surface area (Å²) < 4.78 is 11.3. The number of rotatable bonds is 3. The second-order valence-corrected chi connectivity index (χ2v) is 4.20. The van der Waals surface area contributed by atoms with E-state index >= 15 is 0 Å². The van der Waals surface area contributed by atoms with E-state index in [1.165, 1.54) is 0 Å². The first-order valence-corrected chi connectivity index (χ1v) is 5.94. The fourth-order valence-corrected chi connectivity index (χ4v) is 1.81. The van der Waals surface area contributed by atoms with Crippen molar-refractivity contribution in [3.05, 3.63) is 29.3 Å². The van der Waals surface area contributed by atoms with E-state index in [4.69, 9.17) is 21.1 Å². The van der Waals surface area contributed by atoms with Crippen LogP contribution >= 0.6 is 11.6 Å². The molecular formula is C12H16ClNO2. The van der Waals surface area contributed by atoms with E-state index in [-0.39, 0.29) is 6.10 Å². The number of benzene rings is 1. The number of hydrogen-bond donors (Lipinski definition) is 1. The van der Waals surface area contributed by atoms with Crippen molar-refractivity contribution in [2.24, 2.45) is 0 Å². The number of para-hydroxylation sites is 1. The molecule has 1 aromatic carbocycles. The molecule has 1 N–H and O–H groups in total. The predicted octanol–water partition coefficient (Wildman–Crippen LogP) is 2.10. The second kappa shape index (κ2) is 6.09. The Bertz CT molecular complexity index is 325. The van der Waals surface area contributed by atoms with Crippen LogP contribution in [-0.2, 0) is 4.74 Å². The molecule has 1 aromatic rings. The summed E-state index contributed by atoms with van der Waals surface area (Å²) in [5, 5.41) is 3.95. The molecule has 16 heavy (non-hydrogen) atoms. The first-order valence-electron chi connectivity index (χ1n) is 5.56. The molecule has 0 aromatic heterocycles. The van der Waals surface area contributed by atoms with Crippen molar-refractivity contribution >= 4 is 11.6 Å². The molecule has 1 atom stereocenters. The van der Waals surface area contributed by atoms with Gasteiger partial charge < -0.3 is 14.8 Å². The van der Waals surface area contributed by atoms with E-state index in [0.29, 0.717) is 11.6 Å². The van der Waals surface area contributed by atoms with Crippen molar-refractivity contribution < 1.29 is 9.47 Å². The topological polar surface area (TPSA) is 30.5 Å². The van der Waals surface area contributed by atoms with E-state index in [2.05, 4.69) is 5.32 Å². The summed E-state index contributed by atoms with van der Waals surface area (Å²) in [6.45, 7) is 3.19. The van der Waals surface area contributed by atoms with Gasteiger partial charge in [-0.1, -0.05) is 23.7 Å². The molecule has 0 bridgehead atoms. The summed E-state index contributed by atoms with van der Waals surface area (Å²) in [7, 11) is 0. The van der Waals surface area contributed by atoms with Crippen molar-refractivity contribution in [3.63, 3.8) is 0 Å². The van der Waals surface area contributed by atoms with Crippen molar-refractivity contribution in [3.8, 4) is 5.75 Å². The van der Waals surface area contributed by atoms with Gasteiger partial charge in [-0.25, -0.2) is 0 Å². The van der Waals surface area contributed by atoms with E-state index in [9.17, 15) is 0 Å². The lowest BCUT2D eigenvalue weighted by atomic mass is 10.3. The van der Waals surface area contributed by atoms with Crippen LogP contribution in [0.3, 0.4) is 0 Å². The van der Waals surface area contributed by atoms with Gasteiger partial charge in [0.25, 0.3) is 0 Å². The minimum Gasteiger partial charge on any atom is -0.489 e. The van der Waals surface area contributed by atoms with E-state index in [1.807, 2.05) is 24.3 Å². The largest absolute Gasteiger partial charge is 0.489 e. The molecule has 2 rings (SSSR count). The molecule has 1 heterocycles. The monoisotopic (exact) mass is 241 g/mol. The summed E-state index contributed by atoms with van der Waals surface area (Å²) in [6.07, 6.45) is 1.17. The zero-order valence-corrected chi connectivity index (χ0v) is 9.87. The molecular weight excluding hydrogens is 226 g/mol. The minimum atomic E-state index is 0.110. The SMILES string of the molecule is Clc1ccccc1OCC1CNCCCO1. The normalized spacial score (nSPS) is 21.4. The molecule has 3 nitrogen and oxygen atoms in total. The molecule has 4 heteroatoms. The van der Waals surface area contributed by atoms with Crippen LogP contribution in [-0.4, -0.2) is 32.4 Å². The van der Waals surface area contributed by atoms with Gasteiger partial charge in [0.05, 0.1) is 5.02 Å². The zero-order chi connectivity index (χ0) is 11.2. The van der Waals surface area contributed by atoms with Crippen LogP contribution in [0.2, 0.25) is 5.02 Å². The first-order chi connectivity index (χ1) is 7.86. The third-order valence-electron chi connectivity index (χ3n) is 2.48. The Morgan fingerprint density at radius 1 is 1.44 bits per heavy atom. The molecule has 88 valence electrons. The van der Waals surface area contributed by atoms with Crippen LogP contribution in [0.25, 0.3) is 0 Å². The molecule has 1 unspecified atom stereocenters. The quantitative estimate of drug-likeness (QED) is 0.879. The summed E-state index contributed by atoms with van der Waals surface area (Å²) in [5.74, 6) is 0.719. The minimum absolute atomic E-state index is 0.110. The highest BCUT2D eigenvalue weighted by Gasteiger charge is 2.13. The van der Waals surface area contributed by atoms with Crippen LogP contribution in [0.1, 0.15) is 6.42 Å². The van der Waals surface area contributed by atoms with Crippen LogP contribution in [0.5, 0.6) is 5.75 Å². The highest BCUT2D eigenvalue weighted by molar-refractivity contribution is 6.32. The molecule has 0 spiro atoms. The van der Waals surface area contributed by atoms with Crippen LogP contribution in [0.15, 0.2) is 24.3 Å². The molecule has 1 aliphatic rings. The van der Waals surface area contributed by atoms with E-state index in [0.717, 1.165) is 31.9 Å². The third-order valence-corrected chi connectivity index (χ3v) is 2.80. The summed E-state index contributed by atoms with van der Waals surface area (Å²) in [5.41, 5.74) is 0. The van der Waals surface area contributed by atoms with Crippen molar-refractivity contribution in [1.29, 1.82) is 0 Å². The van der Waals surface area contributed by atoms with Gasteiger partial charge >= 0.3 is 0 Å². The van der Waals surface area contributed by atoms with Crippen molar-refractivity contribution in [1.82, 2.24) is 5.32 Å². The summed E-state index contributed by atoms with van der Waals surface area (Å²) in [4.78, 5) is 0. The zero-order valence-electron chi connectivity index (χ0n) is 9.12. The lowest BCUT2D eigenvalue weighted by Gasteiger charge is -2.16. The van der Waals surface area contributed by atoms with Crippen LogP contribution in [0.4, 0.5) is 0 Å². The average Bonchev–Trinajstić information content (AvgIpc) is 2.56. The Morgan fingerprint density at radius 2 is 2.31 bits per heavy atom. The van der Waals surface area contributed by atoms with Crippen molar-refractivity contribution in [2.45, 2.75) is 12.5 Å². The second-order valence-electron chi connectivity index (χ2n) is 3.79. The number of ether oxygens (including phenoxy) is 2. The maximum absolute atomic E-state index is 5.99. The average molecular weight is 242 g/mol. The van der Waals surface area contributed by atoms with Gasteiger partial charge in [-0.15, -0.1) is 0 Å². The van der Waals surface area contributed by atoms with Gasteiger partial charge in [0.15, 0.2) is 0 Å².